The van der Waals surface area contributed by atoms with Gasteiger partial charge in [0.1, 0.15) is 0 Å². The topological polar surface area (TPSA) is 0 Å². The van der Waals surface area contributed by atoms with Crippen molar-refractivity contribution in [3.63, 3.8) is 0 Å². The first-order valence-electron chi connectivity index (χ1n) is 3.53. The van der Waals surface area contributed by atoms with Crippen LogP contribution in [0, 0.1) is 12.8 Å². The molecule has 0 saturated carbocycles. The third kappa shape index (κ3) is 7.74. The molecule has 0 heterocycles. The summed E-state index contributed by atoms with van der Waals surface area (Å²) in [6, 6.07) is 0. The molecule has 0 N–H and O–H groups in total. The summed E-state index contributed by atoms with van der Waals surface area (Å²) in [6.45, 7) is 7.99. The van der Waals surface area contributed by atoms with E-state index in [0.29, 0.717) is 0 Å². The second-order valence-electron chi connectivity index (χ2n) is 2.48. The average Bonchev–Trinajstić information content (AvgIpc) is 1.80. The van der Waals surface area contributed by atoms with E-state index in [1.165, 1.54) is 18.8 Å². The van der Waals surface area contributed by atoms with E-state index in [9.17, 15) is 0 Å². The quantitative estimate of drug-likeness (QED) is 0.505. The predicted octanol–water partition coefficient (Wildman–Crippen LogP) is 3.16. The molecule has 0 nitrogen and oxygen atoms in total. The fourth-order valence-corrected chi connectivity index (χ4v) is 0.581. The largest absolute Gasteiger partial charge is 0.0880 e. The molecular weight excluding hydrogens is 108 g/mol. The zero-order chi connectivity index (χ0) is 7.11. The van der Waals surface area contributed by atoms with Crippen molar-refractivity contribution in [1.82, 2.24) is 0 Å². The lowest BCUT2D eigenvalue weighted by Gasteiger charge is -1.91. The summed E-state index contributed by atoms with van der Waals surface area (Å²) >= 11 is 0. The molecule has 0 saturated heterocycles. The second kappa shape index (κ2) is 5.87. The minimum Gasteiger partial charge on any atom is -0.0880 e. The second-order valence-corrected chi connectivity index (χ2v) is 2.48. The van der Waals surface area contributed by atoms with Gasteiger partial charge in [-0.15, -0.1) is 0 Å². The van der Waals surface area contributed by atoms with Gasteiger partial charge in [-0.25, -0.2) is 0 Å². The molecule has 0 heteroatoms. The van der Waals surface area contributed by atoms with Crippen LogP contribution in [0.1, 0.15) is 33.1 Å². The minimum atomic E-state index is 1.05. The van der Waals surface area contributed by atoms with Crippen molar-refractivity contribution in [2.24, 2.45) is 0 Å². The Morgan fingerprint density at radius 2 is 2.11 bits per heavy atom. The van der Waals surface area contributed by atoms with E-state index in [4.69, 9.17) is 0 Å². The predicted molar refractivity (Wildman–Crippen MR) is 42.9 cm³/mol. The highest BCUT2D eigenvalue weighted by molar-refractivity contribution is 5.02. The smallest absolute Gasteiger partial charge is 0.00892 e. The van der Waals surface area contributed by atoms with Gasteiger partial charge in [-0.05, 0) is 18.8 Å². The van der Waals surface area contributed by atoms with Crippen molar-refractivity contribution in [3.05, 3.63) is 25.0 Å². The molecule has 0 atom stereocenters. The van der Waals surface area contributed by atoms with Crippen molar-refractivity contribution >= 4 is 0 Å². The maximum absolute atomic E-state index is 3.76. The Labute approximate surface area is 59.0 Å². The van der Waals surface area contributed by atoms with Gasteiger partial charge < -0.3 is 0 Å². The zero-order valence-electron chi connectivity index (χ0n) is 6.48. The standard InChI is InChI=1S/C9H16/c1-4-5-6-7-8-9(2)3/h7-8H,1,4-6H2,2-3H3. The van der Waals surface area contributed by atoms with Crippen LogP contribution in [0.15, 0.2) is 12.2 Å². The van der Waals surface area contributed by atoms with E-state index in [1.54, 1.807) is 0 Å². The van der Waals surface area contributed by atoms with Gasteiger partial charge in [0, 0.05) is 0 Å². The Bertz CT molecular complexity index is 70.1. The van der Waals surface area contributed by atoms with E-state index >= 15 is 0 Å². The van der Waals surface area contributed by atoms with Gasteiger partial charge in [0.15, 0.2) is 0 Å². The first-order valence-corrected chi connectivity index (χ1v) is 3.53. The average molecular weight is 124 g/mol. The summed E-state index contributed by atoms with van der Waals surface area (Å²) in [7, 11) is 0. The normalized spacial score (nSPS) is 11.6. The third-order valence-corrected chi connectivity index (χ3v) is 1.07. The van der Waals surface area contributed by atoms with E-state index < -0.39 is 0 Å². The van der Waals surface area contributed by atoms with Crippen LogP contribution in [0.3, 0.4) is 0 Å². The van der Waals surface area contributed by atoms with Crippen LogP contribution in [-0.2, 0) is 0 Å². The Kier molecular flexibility index (Phi) is 5.70. The summed E-state index contributed by atoms with van der Waals surface area (Å²) < 4.78 is 0. The van der Waals surface area contributed by atoms with Crippen LogP contribution in [-0.4, -0.2) is 0 Å². The molecule has 2 radical (unpaired) electrons. The number of hydrogen-bond acceptors (Lipinski definition) is 0. The summed E-state index contributed by atoms with van der Waals surface area (Å²) in [6.07, 6.45) is 7.81. The Balaban J connectivity index is 3.04. The highest BCUT2D eigenvalue weighted by atomic mass is 13.9. The van der Waals surface area contributed by atoms with Crippen LogP contribution in [0.4, 0.5) is 0 Å². The van der Waals surface area contributed by atoms with Gasteiger partial charge in [-0.1, -0.05) is 39.3 Å². The van der Waals surface area contributed by atoms with Gasteiger partial charge in [-0.2, -0.15) is 0 Å². The van der Waals surface area contributed by atoms with Gasteiger partial charge in [0.05, 0.1) is 0 Å². The highest BCUT2D eigenvalue weighted by Crippen LogP contribution is 2.00. The molecule has 0 aliphatic heterocycles. The number of hydrogen-bond donors (Lipinski definition) is 0. The summed E-state index contributed by atoms with van der Waals surface area (Å²) in [5.41, 5.74) is 0. The molecule has 0 spiro atoms. The molecule has 0 bridgehead atoms. The summed E-state index contributed by atoms with van der Waals surface area (Å²) in [4.78, 5) is 0. The lowest BCUT2D eigenvalue weighted by Crippen LogP contribution is -1.74. The molecular formula is C9H16. The fourth-order valence-electron chi connectivity index (χ4n) is 0.581. The van der Waals surface area contributed by atoms with Gasteiger partial charge in [0.2, 0.25) is 0 Å². The van der Waals surface area contributed by atoms with Crippen LogP contribution < -0.4 is 0 Å². The highest BCUT2D eigenvalue weighted by Gasteiger charge is 1.82. The maximum Gasteiger partial charge on any atom is -0.00892 e. The van der Waals surface area contributed by atoms with Crippen molar-refractivity contribution in [2.45, 2.75) is 33.1 Å². The van der Waals surface area contributed by atoms with E-state index in [-0.39, 0.29) is 0 Å². The maximum atomic E-state index is 3.76. The van der Waals surface area contributed by atoms with Crippen LogP contribution in [0.2, 0.25) is 0 Å². The molecule has 0 aromatic heterocycles. The van der Waals surface area contributed by atoms with E-state index in [2.05, 4.69) is 32.9 Å². The molecule has 0 aromatic rings. The Morgan fingerprint density at radius 3 is 2.56 bits per heavy atom. The van der Waals surface area contributed by atoms with Crippen molar-refractivity contribution in [1.29, 1.82) is 0 Å². The molecule has 52 valence electrons. The van der Waals surface area contributed by atoms with Gasteiger partial charge in [-0.3, -0.25) is 0 Å². The van der Waals surface area contributed by atoms with E-state index in [0.717, 1.165) is 6.42 Å². The SMILES string of the molecule is [CH2]CCCC=C[C](C)C. The first-order chi connectivity index (χ1) is 4.27. The third-order valence-electron chi connectivity index (χ3n) is 1.07. The van der Waals surface area contributed by atoms with Crippen LogP contribution in [0.5, 0.6) is 0 Å². The van der Waals surface area contributed by atoms with Crippen molar-refractivity contribution in [3.8, 4) is 0 Å². The molecule has 0 fully saturated rings. The Morgan fingerprint density at radius 1 is 1.44 bits per heavy atom. The number of unbranched alkanes of at least 4 members (excludes halogenated alkanes) is 2. The Hall–Kier alpha value is -0.260. The van der Waals surface area contributed by atoms with Crippen molar-refractivity contribution < 1.29 is 0 Å². The van der Waals surface area contributed by atoms with Crippen LogP contribution >= 0.6 is 0 Å². The molecule has 0 aromatic carbocycles. The monoisotopic (exact) mass is 124 g/mol. The molecule has 0 amide bonds. The van der Waals surface area contributed by atoms with Gasteiger partial charge in [0.25, 0.3) is 0 Å². The lowest BCUT2D eigenvalue weighted by atomic mass is 10.1. The zero-order valence-corrected chi connectivity index (χ0v) is 6.48. The molecule has 0 aliphatic carbocycles. The first kappa shape index (κ1) is 8.74. The summed E-state index contributed by atoms with van der Waals surface area (Å²) in [5, 5.41) is 0. The summed E-state index contributed by atoms with van der Waals surface area (Å²) in [5.74, 6) is 1.37. The molecule has 0 unspecified atom stereocenters. The number of allylic oxidation sites excluding steroid dienone is 2. The lowest BCUT2D eigenvalue weighted by molar-refractivity contribution is 0.863. The minimum absolute atomic E-state index is 1.05. The van der Waals surface area contributed by atoms with Gasteiger partial charge >= 0.3 is 0 Å². The van der Waals surface area contributed by atoms with Crippen LogP contribution in [0.25, 0.3) is 0 Å². The van der Waals surface area contributed by atoms with Crippen molar-refractivity contribution in [2.75, 3.05) is 0 Å². The molecule has 0 rings (SSSR count). The number of rotatable bonds is 4. The fraction of sp³-hybridized carbons (Fsp3) is 0.556. The molecule has 9 heavy (non-hydrogen) atoms. The van der Waals surface area contributed by atoms with E-state index in [1.807, 2.05) is 0 Å². The molecule has 0 aliphatic rings.